The van der Waals surface area contributed by atoms with Gasteiger partial charge in [0.15, 0.2) is 0 Å². The second kappa shape index (κ2) is 8.91. The summed E-state index contributed by atoms with van der Waals surface area (Å²) in [6.45, 7) is 7.83. The van der Waals surface area contributed by atoms with Crippen molar-refractivity contribution in [2.45, 2.75) is 45.4 Å². The van der Waals surface area contributed by atoms with Crippen LogP contribution in [0.1, 0.15) is 27.7 Å². The second-order valence-electron chi connectivity index (χ2n) is 9.70. The number of amides is 2. The van der Waals surface area contributed by atoms with Crippen molar-refractivity contribution in [2.75, 3.05) is 13.1 Å². The Labute approximate surface area is 211 Å². The molecule has 1 aromatic carbocycles. The number of alkyl carbamates (subject to hydrolysis) is 1. The van der Waals surface area contributed by atoms with Crippen molar-refractivity contribution in [2.24, 2.45) is 0 Å². The molecule has 3 heterocycles. The molecular weight excluding hydrogens is 497 g/mol. The molecule has 0 bridgehead atoms. The Balaban J connectivity index is 1.48. The topological polar surface area (TPSA) is 80.6 Å². The highest BCUT2D eigenvalue weighted by Crippen LogP contribution is 2.35. The van der Waals surface area contributed by atoms with Gasteiger partial charge in [-0.25, -0.2) is 4.79 Å². The zero-order valence-corrected chi connectivity index (χ0v) is 21.6. The summed E-state index contributed by atoms with van der Waals surface area (Å²) in [5.74, 6) is -0.198. The third-order valence-electron chi connectivity index (χ3n) is 5.47. The fourth-order valence-electron chi connectivity index (χ4n) is 3.93. The highest BCUT2D eigenvalue weighted by atomic mass is 35.5. The monoisotopic (exact) mass is 521 g/mol. The van der Waals surface area contributed by atoms with Gasteiger partial charge in [-0.15, -0.1) is 11.3 Å². The number of ether oxygens (including phenoxy) is 1. The SMILES string of the molecule is CC1(NC(=O)OC(C)(C)C)CN(C(=O)Cn2ccc3scc(-c4ccc(Cl)c(Cl)c4)c3c2=O)C1. The summed E-state index contributed by atoms with van der Waals surface area (Å²) in [6, 6.07) is 7.07. The molecule has 0 aliphatic carbocycles. The largest absolute Gasteiger partial charge is 0.444 e. The number of likely N-dealkylation sites (tertiary alicyclic amines) is 1. The highest BCUT2D eigenvalue weighted by molar-refractivity contribution is 7.17. The Bertz CT molecular complexity index is 1340. The fraction of sp³-hybridized carbons (Fsp3) is 0.375. The van der Waals surface area contributed by atoms with E-state index in [1.807, 2.05) is 24.4 Å². The van der Waals surface area contributed by atoms with Crippen molar-refractivity contribution in [1.82, 2.24) is 14.8 Å². The van der Waals surface area contributed by atoms with Crippen LogP contribution in [-0.2, 0) is 16.1 Å². The van der Waals surface area contributed by atoms with Crippen molar-refractivity contribution in [3.8, 4) is 11.1 Å². The zero-order valence-electron chi connectivity index (χ0n) is 19.3. The van der Waals surface area contributed by atoms with Gasteiger partial charge >= 0.3 is 6.09 Å². The van der Waals surface area contributed by atoms with Gasteiger partial charge in [0, 0.05) is 34.9 Å². The Kier molecular flexibility index (Phi) is 6.44. The van der Waals surface area contributed by atoms with Gasteiger partial charge in [-0.3, -0.25) is 9.59 Å². The summed E-state index contributed by atoms with van der Waals surface area (Å²) in [5.41, 5.74) is 0.124. The molecule has 1 saturated heterocycles. The van der Waals surface area contributed by atoms with Crippen LogP contribution in [-0.4, -0.2) is 45.7 Å². The molecule has 2 amide bonds. The van der Waals surface area contributed by atoms with Gasteiger partial charge in [0.05, 0.1) is 21.0 Å². The van der Waals surface area contributed by atoms with Crippen LogP contribution in [0.3, 0.4) is 0 Å². The molecule has 4 rings (SSSR count). The number of carbonyl (C=O) groups excluding carboxylic acids is 2. The molecule has 0 atom stereocenters. The molecule has 1 fully saturated rings. The van der Waals surface area contributed by atoms with E-state index in [4.69, 9.17) is 27.9 Å². The van der Waals surface area contributed by atoms with E-state index in [-0.39, 0.29) is 18.0 Å². The van der Waals surface area contributed by atoms with E-state index >= 15 is 0 Å². The summed E-state index contributed by atoms with van der Waals surface area (Å²) < 4.78 is 7.54. The van der Waals surface area contributed by atoms with E-state index in [0.717, 1.165) is 15.8 Å². The number of hydrogen-bond acceptors (Lipinski definition) is 5. The average molecular weight is 522 g/mol. The van der Waals surface area contributed by atoms with Crippen molar-refractivity contribution in [3.05, 3.63) is 56.2 Å². The quantitative estimate of drug-likeness (QED) is 0.513. The maximum Gasteiger partial charge on any atom is 0.408 e. The predicted octanol–water partition coefficient (Wildman–Crippen LogP) is 5.16. The van der Waals surface area contributed by atoms with Gasteiger partial charge in [0.2, 0.25) is 5.91 Å². The molecule has 2 aromatic heterocycles. The van der Waals surface area contributed by atoms with Gasteiger partial charge in [-0.2, -0.15) is 0 Å². The number of carbonyl (C=O) groups is 2. The summed E-state index contributed by atoms with van der Waals surface area (Å²) in [6.07, 6.45) is 1.12. The van der Waals surface area contributed by atoms with Crippen LogP contribution < -0.4 is 10.9 Å². The van der Waals surface area contributed by atoms with Crippen molar-refractivity contribution < 1.29 is 14.3 Å². The van der Waals surface area contributed by atoms with Gasteiger partial charge < -0.3 is 19.5 Å². The molecule has 1 aliphatic heterocycles. The average Bonchev–Trinajstić information content (AvgIpc) is 3.13. The molecule has 180 valence electrons. The maximum atomic E-state index is 13.3. The second-order valence-corrected chi connectivity index (χ2v) is 11.4. The van der Waals surface area contributed by atoms with Crippen molar-refractivity contribution >= 4 is 56.6 Å². The lowest BCUT2D eigenvalue weighted by Crippen LogP contribution is -2.70. The van der Waals surface area contributed by atoms with Crippen LogP contribution in [0, 0.1) is 0 Å². The van der Waals surface area contributed by atoms with Gasteiger partial charge in [-0.1, -0.05) is 29.3 Å². The summed E-state index contributed by atoms with van der Waals surface area (Å²) in [5, 5.41) is 6.11. The number of nitrogens with one attached hydrogen (secondary N) is 1. The Morgan fingerprint density at radius 1 is 1.18 bits per heavy atom. The number of pyridine rings is 1. The molecule has 34 heavy (non-hydrogen) atoms. The van der Waals surface area contributed by atoms with Crippen molar-refractivity contribution in [1.29, 1.82) is 0 Å². The van der Waals surface area contributed by atoms with E-state index < -0.39 is 17.2 Å². The molecular formula is C24H25Cl2N3O4S. The normalized spacial score (nSPS) is 15.2. The Morgan fingerprint density at radius 3 is 2.53 bits per heavy atom. The van der Waals surface area contributed by atoms with Crippen LogP contribution in [0.25, 0.3) is 21.2 Å². The van der Waals surface area contributed by atoms with Gasteiger partial charge in [0.25, 0.3) is 5.56 Å². The van der Waals surface area contributed by atoms with Gasteiger partial charge in [0.1, 0.15) is 12.1 Å². The third kappa shape index (κ3) is 5.09. The van der Waals surface area contributed by atoms with Crippen molar-refractivity contribution in [3.63, 3.8) is 0 Å². The number of rotatable bonds is 4. The van der Waals surface area contributed by atoms with Crippen LogP contribution in [0.2, 0.25) is 10.0 Å². The Hall–Kier alpha value is -2.55. The number of fused-ring (bicyclic) bond motifs is 1. The smallest absolute Gasteiger partial charge is 0.408 e. The lowest BCUT2D eigenvalue weighted by atomic mass is 9.92. The first-order valence-corrected chi connectivity index (χ1v) is 12.3. The number of hydrogen-bond donors (Lipinski definition) is 1. The minimum Gasteiger partial charge on any atom is -0.444 e. The summed E-state index contributed by atoms with van der Waals surface area (Å²) in [7, 11) is 0. The van der Waals surface area contributed by atoms with Gasteiger partial charge in [-0.05, 0) is 51.5 Å². The first-order chi connectivity index (χ1) is 15.8. The lowest BCUT2D eigenvalue weighted by Gasteiger charge is -2.48. The fourth-order valence-corrected chi connectivity index (χ4v) is 5.18. The Morgan fingerprint density at radius 2 is 1.88 bits per heavy atom. The van der Waals surface area contributed by atoms with Crippen LogP contribution in [0.15, 0.2) is 40.6 Å². The number of benzene rings is 1. The number of nitrogens with zero attached hydrogens (tertiary/aromatic N) is 2. The summed E-state index contributed by atoms with van der Waals surface area (Å²) in [4.78, 5) is 39.8. The minimum absolute atomic E-state index is 0.0893. The number of aromatic nitrogens is 1. The maximum absolute atomic E-state index is 13.3. The van der Waals surface area contributed by atoms with E-state index in [0.29, 0.717) is 28.5 Å². The molecule has 0 radical (unpaired) electrons. The van der Waals surface area contributed by atoms with E-state index in [2.05, 4.69) is 5.32 Å². The van der Waals surface area contributed by atoms with E-state index in [9.17, 15) is 14.4 Å². The zero-order chi connectivity index (χ0) is 24.8. The number of halogens is 2. The molecule has 1 N–H and O–H groups in total. The molecule has 0 spiro atoms. The first-order valence-electron chi connectivity index (χ1n) is 10.7. The van der Waals surface area contributed by atoms with Crippen LogP contribution >= 0.6 is 34.5 Å². The molecule has 7 nitrogen and oxygen atoms in total. The molecule has 1 aliphatic rings. The molecule has 3 aromatic rings. The lowest BCUT2D eigenvalue weighted by molar-refractivity contribution is -0.140. The first kappa shape index (κ1) is 24.6. The van der Waals surface area contributed by atoms with E-state index in [1.165, 1.54) is 15.9 Å². The molecule has 10 heteroatoms. The summed E-state index contributed by atoms with van der Waals surface area (Å²) >= 11 is 13.7. The number of thiophene rings is 1. The standard InChI is InChI=1S/C24H25Cl2N3O4S/c1-23(2,3)33-22(32)27-24(4)12-29(13-24)19(30)10-28-8-7-18-20(21(28)31)15(11-34-18)14-5-6-16(25)17(26)9-14/h5-9,11H,10,12-13H2,1-4H3,(H,27,32). The van der Waals surface area contributed by atoms with Crippen LogP contribution in [0.5, 0.6) is 0 Å². The molecule has 0 saturated carbocycles. The molecule has 0 unspecified atom stereocenters. The highest BCUT2D eigenvalue weighted by Gasteiger charge is 2.43. The minimum atomic E-state index is -0.600. The third-order valence-corrected chi connectivity index (χ3v) is 7.16. The predicted molar refractivity (Wildman–Crippen MR) is 136 cm³/mol. The van der Waals surface area contributed by atoms with E-state index in [1.54, 1.807) is 44.0 Å². The van der Waals surface area contributed by atoms with Crippen LogP contribution in [0.4, 0.5) is 4.79 Å².